The third-order valence-electron chi connectivity index (χ3n) is 5.10. The number of pyridine rings is 1. The van der Waals surface area contributed by atoms with Crippen LogP contribution in [0.2, 0.25) is 0 Å². The van der Waals surface area contributed by atoms with E-state index in [4.69, 9.17) is 4.74 Å². The summed E-state index contributed by atoms with van der Waals surface area (Å²) in [4.78, 5) is 17.2. The summed E-state index contributed by atoms with van der Waals surface area (Å²) in [5.74, 6) is -2.96. The number of imidazole rings is 1. The van der Waals surface area contributed by atoms with Crippen molar-refractivity contribution in [3.8, 4) is 5.82 Å². The van der Waals surface area contributed by atoms with Crippen molar-refractivity contribution in [1.29, 1.82) is 0 Å². The first-order valence-corrected chi connectivity index (χ1v) is 9.79. The number of anilines is 1. The monoisotopic (exact) mass is 467 g/mol. The molecule has 0 aliphatic carbocycles. The largest absolute Gasteiger partial charge is 0.855 e. The highest BCUT2D eigenvalue weighted by Crippen LogP contribution is 2.32. The van der Waals surface area contributed by atoms with Crippen LogP contribution in [0.1, 0.15) is 12.6 Å². The molecule has 176 valence electrons. The average molecular weight is 467 g/mol. The van der Waals surface area contributed by atoms with Crippen molar-refractivity contribution in [3.63, 3.8) is 0 Å². The number of aromatic nitrogens is 5. The number of nitrogens with zero attached hydrogens (tertiary/aromatic N) is 7. The first kappa shape index (κ1) is 22.8. The molecule has 0 spiro atoms. The van der Waals surface area contributed by atoms with E-state index in [-0.39, 0.29) is 23.4 Å². The maximum absolute atomic E-state index is 12.8. The molecule has 14 heteroatoms. The van der Waals surface area contributed by atoms with Gasteiger partial charge in [-0.25, -0.2) is 9.55 Å². The van der Waals surface area contributed by atoms with E-state index >= 15 is 0 Å². The van der Waals surface area contributed by atoms with Crippen LogP contribution in [0.5, 0.6) is 0 Å². The molecule has 4 heterocycles. The predicted molar refractivity (Wildman–Crippen MR) is 106 cm³/mol. The van der Waals surface area contributed by atoms with Gasteiger partial charge in [-0.1, -0.05) is 0 Å². The summed E-state index contributed by atoms with van der Waals surface area (Å²) >= 11 is 0. The molecule has 3 aromatic rings. The number of aliphatic hydroxyl groups is 2. The third-order valence-corrected chi connectivity index (χ3v) is 5.10. The minimum atomic E-state index is -5.19. The van der Waals surface area contributed by atoms with E-state index in [1.165, 1.54) is 15.5 Å². The topological polar surface area (TPSA) is 136 Å². The smallest absolute Gasteiger partial charge is 0.419 e. The molecular formula is C19H20F3N7O4. The molecule has 11 nitrogen and oxygen atoms in total. The Morgan fingerprint density at radius 1 is 1.33 bits per heavy atom. The average Bonchev–Trinajstić information content (AvgIpc) is 3.35. The minimum absolute atomic E-state index is 0.0497. The van der Waals surface area contributed by atoms with E-state index in [9.17, 15) is 28.5 Å². The standard InChI is InChI=1S/C19H20F3N7O4/c1-27(2)10-3-5-28(6-4-10)15-14-16(25-18(24-15)26-17(32)19(20,21)22)29(9-23-14)13-7-11(31)12(8-30)33-13/h3-6,9,11-13,30-31H,7-8H2,1-2H3/t11-,12+,13+/m0/s1. The molecule has 0 radical (unpaired) electrons. The van der Waals surface area contributed by atoms with Gasteiger partial charge in [0.15, 0.2) is 5.65 Å². The summed E-state index contributed by atoms with van der Waals surface area (Å²) in [6.45, 7) is -0.417. The second-order valence-electron chi connectivity index (χ2n) is 7.56. The molecule has 3 aromatic heterocycles. The minimum Gasteiger partial charge on any atom is -0.855 e. The highest BCUT2D eigenvalue weighted by Gasteiger charge is 2.36. The molecule has 1 aliphatic rings. The van der Waals surface area contributed by atoms with Gasteiger partial charge in [-0.3, -0.25) is 4.57 Å². The second-order valence-corrected chi connectivity index (χ2v) is 7.56. The van der Waals surface area contributed by atoms with Gasteiger partial charge in [-0.05, 0) is 0 Å². The zero-order chi connectivity index (χ0) is 23.9. The number of rotatable bonds is 5. The van der Waals surface area contributed by atoms with Gasteiger partial charge >= 0.3 is 17.9 Å². The lowest BCUT2D eigenvalue weighted by Gasteiger charge is -2.14. The predicted octanol–water partition coefficient (Wildman–Crippen LogP) is -0.238. The van der Waals surface area contributed by atoms with Crippen molar-refractivity contribution in [2.75, 3.05) is 25.6 Å². The van der Waals surface area contributed by atoms with Gasteiger partial charge in [0.05, 0.1) is 37.3 Å². The van der Waals surface area contributed by atoms with Gasteiger partial charge in [0.2, 0.25) is 5.52 Å². The summed E-state index contributed by atoms with van der Waals surface area (Å²) in [5, 5.41) is 30.8. The molecule has 0 amide bonds. The number of ether oxygens (including phenoxy) is 1. The highest BCUT2D eigenvalue weighted by atomic mass is 19.4. The Bertz CT molecular complexity index is 1180. The van der Waals surface area contributed by atoms with Gasteiger partial charge in [-0.2, -0.15) is 23.1 Å². The van der Waals surface area contributed by atoms with Crippen molar-refractivity contribution >= 4 is 28.7 Å². The normalized spacial score (nSPS) is 21.7. The van der Waals surface area contributed by atoms with Crippen LogP contribution in [-0.4, -0.2) is 74.7 Å². The van der Waals surface area contributed by atoms with Crippen LogP contribution in [0, 0.1) is 0 Å². The molecule has 3 atom stereocenters. The summed E-state index contributed by atoms with van der Waals surface area (Å²) in [6.07, 6.45) is -3.09. The molecule has 4 rings (SSSR count). The van der Waals surface area contributed by atoms with Crippen LogP contribution in [0.25, 0.3) is 17.0 Å². The molecule has 1 saturated heterocycles. The summed E-state index contributed by atoms with van der Waals surface area (Å²) in [5.41, 5.74) is 1.12. The van der Waals surface area contributed by atoms with Gasteiger partial charge in [0.25, 0.3) is 0 Å². The molecule has 2 N–H and O–H groups in total. The lowest BCUT2D eigenvalue weighted by molar-refractivity contribution is -0.598. The quantitative estimate of drug-likeness (QED) is 0.298. The first-order chi connectivity index (χ1) is 15.6. The number of aliphatic imine (C=N–C) groups is 1. The van der Waals surface area contributed by atoms with Gasteiger partial charge in [0, 0.05) is 43.3 Å². The lowest BCUT2D eigenvalue weighted by atomic mass is 10.2. The molecule has 0 bridgehead atoms. The first-order valence-electron chi connectivity index (χ1n) is 9.79. The summed E-state index contributed by atoms with van der Waals surface area (Å²) < 4.78 is 46.9. The van der Waals surface area contributed by atoms with Gasteiger partial charge in [0.1, 0.15) is 12.3 Å². The number of alkyl halides is 3. The van der Waals surface area contributed by atoms with E-state index in [0.29, 0.717) is 0 Å². The van der Waals surface area contributed by atoms with E-state index in [0.717, 1.165) is 5.69 Å². The molecule has 0 aromatic carbocycles. The number of fused-ring (bicyclic) bond motifs is 1. The number of halogens is 3. The number of hydrogen-bond acceptors (Lipinski definition) is 9. The fourth-order valence-electron chi connectivity index (χ4n) is 3.39. The van der Waals surface area contributed by atoms with Gasteiger partial charge in [-0.15, -0.1) is 0 Å². The van der Waals surface area contributed by atoms with E-state index in [1.54, 1.807) is 24.5 Å². The molecule has 0 saturated carbocycles. The Morgan fingerprint density at radius 2 is 2.03 bits per heavy atom. The van der Waals surface area contributed by atoms with E-state index in [1.807, 2.05) is 19.0 Å². The van der Waals surface area contributed by atoms with Crippen molar-refractivity contribution < 1.29 is 37.8 Å². The van der Waals surface area contributed by atoms with Crippen molar-refractivity contribution in [1.82, 2.24) is 19.5 Å². The molecule has 0 unspecified atom stereocenters. The zero-order valence-corrected chi connectivity index (χ0v) is 17.5. The van der Waals surface area contributed by atoms with Crippen LogP contribution in [0.3, 0.4) is 0 Å². The Balaban J connectivity index is 1.87. The van der Waals surface area contributed by atoms with E-state index < -0.39 is 43.1 Å². The van der Waals surface area contributed by atoms with E-state index in [2.05, 4.69) is 19.9 Å². The Hall–Kier alpha value is -3.36. The van der Waals surface area contributed by atoms with Crippen molar-refractivity contribution in [2.24, 2.45) is 4.99 Å². The highest BCUT2D eigenvalue weighted by molar-refractivity contribution is 5.82. The van der Waals surface area contributed by atoms with Crippen LogP contribution in [-0.2, 0) is 4.74 Å². The van der Waals surface area contributed by atoms with Crippen LogP contribution < -0.4 is 14.6 Å². The Morgan fingerprint density at radius 3 is 2.61 bits per heavy atom. The second kappa shape index (κ2) is 8.53. The molecular weight excluding hydrogens is 447 g/mol. The van der Waals surface area contributed by atoms with Crippen LogP contribution >= 0.6 is 0 Å². The number of hydrogen-bond donors (Lipinski definition) is 2. The maximum Gasteiger partial charge on any atom is 0.419 e. The third kappa shape index (κ3) is 4.44. The maximum atomic E-state index is 12.8. The van der Waals surface area contributed by atoms with Crippen LogP contribution in [0.4, 0.5) is 24.8 Å². The molecule has 1 aliphatic heterocycles. The fraction of sp³-hybridized carbons (Fsp3) is 0.421. The Labute approximate surface area is 185 Å². The summed E-state index contributed by atoms with van der Waals surface area (Å²) in [7, 11) is 3.69. The van der Waals surface area contributed by atoms with Crippen molar-refractivity contribution in [3.05, 3.63) is 30.9 Å². The SMILES string of the molecule is CN(C)c1cc[n+](-c2nc(/N=C(\[O-])C(F)(F)F)nc3c2ncn3[C@H]2C[C@H](O)[C@@H](CO)O2)cc1. The van der Waals surface area contributed by atoms with Gasteiger partial charge < -0.3 is 25.0 Å². The summed E-state index contributed by atoms with van der Waals surface area (Å²) in [6, 6.07) is 3.51. The molecule has 1 fully saturated rings. The number of aliphatic hydroxyl groups excluding tert-OH is 2. The van der Waals surface area contributed by atoms with Crippen molar-refractivity contribution in [2.45, 2.75) is 31.0 Å². The molecule has 33 heavy (non-hydrogen) atoms. The fourth-order valence-corrected chi connectivity index (χ4v) is 3.39. The Kier molecular flexibility index (Phi) is 5.90. The van der Waals surface area contributed by atoms with Crippen LogP contribution in [0.15, 0.2) is 35.8 Å². The lowest BCUT2D eigenvalue weighted by Crippen LogP contribution is -2.35. The zero-order valence-electron chi connectivity index (χ0n) is 17.5.